The van der Waals surface area contributed by atoms with Gasteiger partial charge in [0.05, 0.1) is 12.7 Å². The highest BCUT2D eigenvalue weighted by Crippen LogP contribution is 2.21. The highest BCUT2D eigenvalue weighted by Gasteiger charge is 2.17. The summed E-state index contributed by atoms with van der Waals surface area (Å²) in [5, 5.41) is 20.9. The molecular weight excluding hydrogens is 329 g/mol. The van der Waals surface area contributed by atoms with E-state index in [2.05, 4.69) is 5.32 Å². The van der Waals surface area contributed by atoms with Crippen molar-refractivity contribution in [2.24, 2.45) is 0 Å². The standard InChI is InChI=1S/C18H18FNO5/c1-25-16-7-4-12(9-15(21)18(23)24)8-14(16)17(22)20-10-11-2-5-13(19)6-3-11/h2-8,15,21H,9-10H2,1H3,(H,20,22)(H,23,24). The summed E-state index contributed by atoms with van der Waals surface area (Å²) in [6.07, 6.45) is -1.68. The number of methoxy groups -OCH3 is 1. The van der Waals surface area contributed by atoms with Gasteiger partial charge in [0.15, 0.2) is 6.10 Å². The molecule has 0 saturated heterocycles. The van der Waals surface area contributed by atoms with Crippen LogP contribution in [0, 0.1) is 5.82 Å². The molecular formula is C18H18FNO5. The molecule has 6 nitrogen and oxygen atoms in total. The molecule has 0 radical (unpaired) electrons. The predicted octanol–water partition coefficient (Wildman–Crippen LogP) is 1.75. The van der Waals surface area contributed by atoms with Crippen LogP contribution in [-0.4, -0.2) is 35.3 Å². The molecule has 0 aliphatic carbocycles. The molecule has 3 N–H and O–H groups in total. The van der Waals surface area contributed by atoms with E-state index in [1.165, 1.54) is 31.4 Å². The number of halogens is 1. The lowest BCUT2D eigenvalue weighted by atomic mass is 10.0. The number of aliphatic hydroxyl groups excluding tert-OH is 1. The number of rotatable bonds is 7. The summed E-state index contributed by atoms with van der Waals surface area (Å²) in [6, 6.07) is 10.3. The lowest BCUT2D eigenvalue weighted by Crippen LogP contribution is -2.24. The van der Waals surface area contributed by atoms with Crippen molar-refractivity contribution in [3.8, 4) is 5.75 Å². The molecule has 1 atom stereocenters. The summed E-state index contributed by atoms with van der Waals surface area (Å²) in [6.45, 7) is 0.199. The first-order valence-corrected chi connectivity index (χ1v) is 7.51. The molecule has 0 aliphatic rings. The van der Waals surface area contributed by atoms with Gasteiger partial charge >= 0.3 is 5.97 Å². The molecule has 2 aromatic carbocycles. The second-order valence-electron chi connectivity index (χ2n) is 5.40. The second kappa shape index (κ2) is 8.25. The zero-order valence-electron chi connectivity index (χ0n) is 13.5. The van der Waals surface area contributed by atoms with Gasteiger partial charge < -0.3 is 20.3 Å². The number of carbonyl (C=O) groups excluding carboxylic acids is 1. The van der Waals surface area contributed by atoms with Crippen molar-refractivity contribution in [3.63, 3.8) is 0 Å². The van der Waals surface area contributed by atoms with Gasteiger partial charge in [-0.1, -0.05) is 18.2 Å². The number of carboxylic acid groups (broad SMARTS) is 1. The van der Waals surface area contributed by atoms with Gasteiger partial charge in [0.1, 0.15) is 11.6 Å². The molecule has 25 heavy (non-hydrogen) atoms. The Hall–Kier alpha value is -2.93. The molecule has 1 amide bonds. The van der Waals surface area contributed by atoms with Crippen molar-refractivity contribution >= 4 is 11.9 Å². The second-order valence-corrected chi connectivity index (χ2v) is 5.40. The maximum Gasteiger partial charge on any atom is 0.332 e. The molecule has 0 bridgehead atoms. The predicted molar refractivity (Wildman–Crippen MR) is 87.9 cm³/mol. The number of hydrogen-bond donors (Lipinski definition) is 3. The van der Waals surface area contributed by atoms with Crippen molar-refractivity contribution in [2.75, 3.05) is 7.11 Å². The fourth-order valence-electron chi connectivity index (χ4n) is 2.25. The van der Waals surface area contributed by atoms with E-state index in [-0.39, 0.29) is 24.3 Å². The van der Waals surface area contributed by atoms with Gasteiger partial charge in [0.2, 0.25) is 0 Å². The highest BCUT2D eigenvalue weighted by molar-refractivity contribution is 5.97. The van der Waals surface area contributed by atoms with Crippen LogP contribution >= 0.6 is 0 Å². The van der Waals surface area contributed by atoms with Crippen LogP contribution in [0.25, 0.3) is 0 Å². The summed E-state index contributed by atoms with van der Waals surface area (Å²) in [5.41, 5.74) is 1.44. The van der Waals surface area contributed by atoms with Crippen LogP contribution in [0.1, 0.15) is 21.5 Å². The Kier molecular flexibility index (Phi) is 6.08. The van der Waals surface area contributed by atoms with Crippen molar-refractivity contribution < 1.29 is 28.9 Å². The van der Waals surface area contributed by atoms with E-state index < -0.39 is 18.0 Å². The third-order valence-corrected chi connectivity index (χ3v) is 3.59. The van der Waals surface area contributed by atoms with Crippen LogP contribution in [0.15, 0.2) is 42.5 Å². The Morgan fingerprint density at radius 1 is 1.16 bits per heavy atom. The average Bonchev–Trinajstić information content (AvgIpc) is 2.60. The van der Waals surface area contributed by atoms with Gasteiger partial charge in [-0.3, -0.25) is 4.79 Å². The number of carboxylic acids is 1. The number of aliphatic carboxylic acids is 1. The number of hydrogen-bond acceptors (Lipinski definition) is 4. The number of amides is 1. The highest BCUT2D eigenvalue weighted by atomic mass is 19.1. The number of carbonyl (C=O) groups is 2. The zero-order valence-corrected chi connectivity index (χ0v) is 13.5. The smallest absolute Gasteiger partial charge is 0.332 e. The monoisotopic (exact) mass is 347 g/mol. The summed E-state index contributed by atoms with van der Waals surface area (Å²) < 4.78 is 18.0. The molecule has 0 aromatic heterocycles. The van der Waals surface area contributed by atoms with Crippen molar-refractivity contribution in [1.82, 2.24) is 5.32 Å². The lowest BCUT2D eigenvalue weighted by molar-refractivity contribution is -0.146. The van der Waals surface area contributed by atoms with Crippen LogP contribution in [0.2, 0.25) is 0 Å². The quantitative estimate of drug-likeness (QED) is 0.709. The molecule has 0 heterocycles. The van der Waals surface area contributed by atoms with E-state index in [1.54, 1.807) is 18.2 Å². The summed E-state index contributed by atoms with van der Waals surface area (Å²) in [5.74, 6) is -1.79. The number of benzene rings is 2. The maximum absolute atomic E-state index is 12.9. The molecule has 0 fully saturated rings. The fraction of sp³-hybridized carbons (Fsp3) is 0.222. The summed E-state index contributed by atoms with van der Waals surface area (Å²) in [7, 11) is 1.41. The Labute approximate surface area is 143 Å². The van der Waals surface area contributed by atoms with E-state index in [0.29, 0.717) is 11.3 Å². The topological polar surface area (TPSA) is 95.9 Å². The normalized spacial score (nSPS) is 11.6. The number of aliphatic hydroxyl groups is 1. The lowest BCUT2D eigenvalue weighted by Gasteiger charge is -2.12. The average molecular weight is 347 g/mol. The Morgan fingerprint density at radius 2 is 1.80 bits per heavy atom. The van der Waals surface area contributed by atoms with E-state index in [4.69, 9.17) is 9.84 Å². The van der Waals surface area contributed by atoms with E-state index >= 15 is 0 Å². The molecule has 2 aromatic rings. The molecule has 0 aliphatic heterocycles. The van der Waals surface area contributed by atoms with Crippen LogP contribution < -0.4 is 10.1 Å². The van der Waals surface area contributed by atoms with Gasteiger partial charge in [0.25, 0.3) is 5.91 Å². The summed E-state index contributed by atoms with van der Waals surface area (Å²) >= 11 is 0. The van der Waals surface area contributed by atoms with Crippen LogP contribution in [0.3, 0.4) is 0 Å². The zero-order chi connectivity index (χ0) is 18.4. The van der Waals surface area contributed by atoms with Crippen molar-refractivity contribution in [3.05, 3.63) is 65.0 Å². The summed E-state index contributed by atoms with van der Waals surface area (Å²) in [4.78, 5) is 23.1. The minimum Gasteiger partial charge on any atom is -0.496 e. The van der Waals surface area contributed by atoms with E-state index in [9.17, 15) is 19.1 Å². The SMILES string of the molecule is COc1ccc(CC(O)C(=O)O)cc1C(=O)NCc1ccc(F)cc1. The van der Waals surface area contributed by atoms with Crippen LogP contribution in [0.4, 0.5) is 4.39 Å². The first kappa shape index (κ1) is 18.4. The van der Waals surface area contributed by atoms with Crippen LogP contribution in [0.5, 0.6) is 5.75 Å². The fourth-order valence-corrected chi connectivity index (χ4v) is 2.25. The minimum absolute atomic E-state index is 0.127. The van der Waals surface area contributed by atoms with Gasteiger partial charge in [-0.2, -0.15) is 0 Å². The number of nitrogens with one attached hydrogen (secondary N) is 1. The van der Waals surface area contributed by atoms with Gasteiger partial charge in [-0.15, -0.1) is 0 Å². The third-order valence-electron chi connectivity index (χ3n) is 3.59. The molecule has 7 heteroatoms. The van der Waals surface area contributed by atoms with Gasteiger partial charge in [-0.05, 0) is 35.4 Å². The largest absolute Gasteiger partial charge is 0.496 e. The van der Waals surface area contributed by atoms with Crippen LogP contribution in [-0.2, 0) is 17.8 Å². The van der Waals surface area contributed by atoms with Gasteiger partial charge in [0, 0.05) is 13.0 Å². The first-order valence-electron chi connectivity index (χ1n) is 7.51. The molecule has 0 spiro atoms. The Morgan fingerprint density at radius 3 is 2.40 bits per heavy atom. The molecule has 132 valence electrons. The minimum atomic E-state index is -1.55. The van der Waals surface area contributed by atoms with Crippen molar-refractivity contribution in [2.45, 2.75) is 19.1 Å². The third kappa shape index (κ3) is 5.02. The molecule has 0 saturated carbocycles. The maximum atomic E-state index is 12.9. The molecule has 1 unspecified atom stereocenters. The number of ether oxygens (including phenoxy) is 1. The van der Waals surface area contributed by atoms with E-state index in [1.807, 2.05) is 0 Å². The van der Waals surface area contributed by atoms with Gasteiger partial charge in [-0.25, -0.2) is 9.18 Å². The Bertz CT molecular complexity index is 761. The van der Waals surface area contributed by atoms with Crippen molar-refractivity contribution in [1.29, 1.82) is 0 Å². The first-order chi connectivity index (χ1) is 11.9. The van der Waals surface area contributed by atoms with E-state index in [0.717, 1.165) is 5.56 Å². The molecule has 2 rings (SSSR count). The Balaban J connectivity index is 2.13.